The summed E-state index contributed by atoms with van der Waals surface area (Å²) in [5.41, 5.74) is 1.89. The molecular formula is C12H10BrF3N4. The molecule has 20 heavy (non-hydrogen) atoms. The molecule has 0 aliphatic rings. The Kier molecular flexibility index (Phi) is 4.15. The highest BCUT2D eigenvalue weighted by Gasteiger charge is 2.30. The second kappa shape index (κ2) is 5.68. The Balaban J connectivity index is 2.32. The van der Waals surface area contributed by atoms with Crippen LogP contribution in [0.4, 0.5) is 30.5 Å². The summed E-state index contributed by atoms with van der Waals surface area (Å²) in [4.78, 5) is 4.07. The number of halogens is 4. The van der Waals surface area contributed by atoms with Crippen LogP contribution in [0.1, 0.15) is 5.56 Å². The van der Waals surface area contributed by atoms with Gasteiger partial charge in [0.25, 0.3) is 0 Å². The van der Waals surface area contributed by atoms with Gasteiger partial charge in [-0.05, 0) is 46.3 Å². The molecule has 0 saturated carbocycles. The van der Waals surface area contributed by atoms with Crippen molar-refractivity contribution in [2.45, 2.75) is 6.18 Å². The monoisotopic (exact) mass is 346 g/mol. The van der Waals surface area contributed by atoms with Crippen LogP contribution in [0.5, 0.6) is 0 Å². The number of hydrazine groups is 1. The maximum absolute atomic E-state index is 12.7. The summed E-state index contributed by atoms with van der Waals surface area (Å²) < 4.78 is 38.5. The Morgan fingerprint density at radius 1 is 1.10 bits per heavy atom. The van der Waals surface area contributed by atoms with Gasteiger partial charge < -0.3 is 10.7 Å². The Bertz CT molecular complexity index is 616. The number of hydrogen-bond acceptors (Lipinski definition) is 4. The van der Waals surface area contributed by atoms with Gasteiger partial charge in [0.1, 0.15) is 11.6 Å². The molecule has 0 aliphatic heterocycles. The molecule has 2 rings (SSSR count). The maximum Gasteiger partial charge on any atom is 0.416 e. The summed E-state index contributed by atoms with van der Waals surface area (Å²) in [6, 6.07) is 8.26. The van der Waals surface area contributed by atoms with Crippen molar-refractivity contribution in [1.82, 2.24) is 4.98 Å². The fourth-order valence-corrected chi connectivity index (χ4v) is 1.87. The lowest BCUT2D eigenvalue weighted by Crippen LogP contribution is -2.09. The molecule has 2 aromatic rings. The van der Waals surface area contributed by atoms with Gasteiger partial charge in [0.05, 0.1) is 11.3 Å². The van der Waals surface area contributed by atoms with Gasteiger partial charge in [-0.3, -0.25) is 0 Å². The summed E-state index contributed by atoms with van der Waals surface area (Å²) >= 11 is 3.19. The third kappa shape index (κ3) is 3.40. The van der Waals surface area contributed by atoms with Crippen LogP contribution in [0.15, 0.2) is 40.9 Å². The van der Waals surface area contributed by atoms with Crippen molar-refractivity contribution in [3.8, 4) is 0 Å². The van der Waals surface area contributed by atoms with E-state index in [9.17, 15) is 13.2 Å². The van der Waals surface area contributed by atoms with Gasteiger partial charge in [-0.1, -0.05) is 6.07 Å². The van der Waals surface area contributed by atoms with Crippen LogP contribution < -0.4 is 16.6 Å². The van der Waals surface area contributed by atoms with E-state index in [4.69, 9.17) is 5.84 Å². The van der Waals surface area contributed by atoms with E-state index in [0.717, 1.165) is 12.1 Å². The van der Waals surface area contributed by atoms with Crippen LogP contribution in [0.25, 0.3) is 0 Å². The van der Waals surface area contributed by atoms with E-state index in [-0.39, 0.29) is 5.69 Å². The number of benzene rings is 1. The normalized spacial score (nSPS) is 11.2. The zero-order chi connectivity index (χ0) is 14.8. The van der Waals surface area contributed by atoms with Gasteiger partial charge in [0, 0.05) is 4.47 Å². The Hall–Kier alpha value is -1.80. The fourth-order valence-electron chi connectivity index (χ4n) is 1.52. The van der Waals surface area contributed by atoms with Crippen molar-refractivity contribution in [3.63, 3.8) is 0 Å². The first kappa shape index (κ1) is 14.6. The van der Waals surface area contributed by atoms with Crippen LogP contribution in [-0.4, -0.2) is 4.98 Å². The highest BCUT2D eigenvalue weighted by atomic mass is 79.9. The van der Waals surface area contributed by atoms with E-state index in [0.29, 0.717) is 16.1 Å². The first-order valence-corrected chi connectivity index (χ1v) is 6.27. The molecule has 8 heteroatoms. The van der Waals surface area contributed by atoms with E-state index < -0.39 is 11.7 Å². The molecule has 0 aliphatic carbocycles. The minimum Gasteiger partial charge on any atom is -0.339 e. The van der Waals surface area contributed by atoms with E-state index in [1.54, 1.807) is 18.2 Å². The lowest BCUT2D eigenvalue weighted by molar-refractivity contribution is -0.137. The Morgan fingerprint density at radius 2 is 1.80 bits per heavy atom. The SMILES string of the molecule is NNc1cccc(Nc2cc(C(F)(F)F)ccc2Br)n1. The first-order valence-electron chi connectivity index (χ1n) is 5.47. The van der Waals surface area contributed by atoms with Crippen molar-refractivity contribution in [1.29, 1.82) is 0 Å². The third-order valence-corrected chi connectivity index (χ3v) is 3.14. The van der Waals surface area contributed by atoms with E-state index in [1.807, 2.05) is 0 Å². The summed E-state index contributed by atoms with van der Waals surface area (Å²) in [5.74, 6) is 6.00. The molecule has 4 nitrogen and oxygen atoms in total. The number of nitrogens with two attached hydrogens (primary N) is 1. The molecule has 4 N–H and O–H groups in total. The van der Waals surface area contributed by atoms with Gasteiger partial charge >= 0.3 is 6.18 Å². The average molecular weight is 347 g/mol. The largest absolute Gasteiger partial charge is 0.416 e. The number of nitrogen functional groups attached to an aromatic ring is 1. The molecule has 106 valence electrons. The number of aromatic nitrogens is 1. The van der Waals surface area contributed by atoms with Crippen molar-refractivity contribution < 1.29 is 13.2 Å². The van der Waals surface area contributed by atoms with Gasteiger partial charge in [-0.2, -0.15) is 13.2 Å². The lowest BCUT2D eigenvalue weighted by atomic mass is 10.2. The van der Waals surface area contributed by atoms with Gasteiger partial charge in [0.15, 0.2) is 0 Å². The second-order valence-electron chi connectivity index (χ2n) is 3.87. The number of hydrogen-bond donors (Lipinski definition) is 3. The summed E-state index contributed by atoms with van der Waals surface area (Å²) in [6.07, 6.45) is -4.40. The standard InChI is InChI=1S/C12H10BrF3N4/c13-8-5-4-7(12(14,15)16)6-9(8)18-10-2-1-3-11(19-10)20-17/h1-6H,17H2,(H2,18,19,20). The van der Waals surface area contributed by atoms with Crippen LogP contribution in [0, 0.1) is 0 Å². The first-order chi connectivity index (χ1) is 9.40. The molecule has 0 spiro atoms. The minimum atomic E-state index is -4.40. The van der Waals surface area contributed by atoms with Gasteiger partial charge in [-0.25, -0.2) is 10.8 Å². The van der Waals surface area contributed by atoms with E-state index >= 15 is 0 Å². The zero-order valence-electron chi connectivity index (χ0n) is 10.0. The number of nitrogens with zero attached hydrogens (tertiary/aromatic N) is 1. The van der Waals surface area contributed by atoms with Crippen molar-refractivity contribution in [3.05, 3.63) is 46.4 Å². The van der Waals surface area contributed by atoms with Crippen molar-refractivity contribution >= 4 is 33.3 Å². The molecule has 0 radical (unpaired) electrons. The molecule has 0 unspecified atom stereocenters. The number of nitrogens with one attached hydrogen (secondary N) is 2. The van der Waals surface area contributed by atoms with Crippen LogP contribution in [0.2, 0.25) is 0 Å². The zero-order valence-corrected chi connectivity index (χ0v) is 11.6. The number of rotatable bonds is 3. The number of alkyl halides is 3. The Labute approximate surface area is 121 Å². The molecular weight excluding hydrogens is 337 g/mol. The summed E-state index contributed by atoms with van der Waals surface area (Å²) in [7, 11) is 0. The molecule has 0 saturated heterocycles. The summed E-state index contributed by atoms with van der Waals surface area (Å²) in [5, 5.41) is 2.81. The molecule has 1 aromatic carbocycles. The van der Waals surface area contributed by atoms with E-state index in [1.165, 1.54) is 6.07 Å². The van der Waals surface area contributed by atoms with Crippen molar-refractivity contribution in [2.24, 2.45) is 5.84 Å². The lowest BCUT2D eigenvalue weighted by Gasteiger charge is -2.12. The molecule has 1 heterocycles. The molecule has 0 atom stereocenters. The average Bonchev–Trinajstić information content (AvgIpc) is 2.40. The van der Waals surface area contributed by atoms with Gasteiger partial charge in [0.2, 0.25) is 0 Å². The predicted molar refractivity (Wildman–Crippen MR) is 74.5 cm³/mol. The fraction of sp³-hybridized carbons (Fsp3) is 0.0833. The second-order valence-corrected chi connectivity index (χ2v) is 4.72. The summed E-state index contributed by atoms with van der Waals surface area (Å²) in [6.45, 7) is 0. The third-order valence-electron chi connectivity index (χ3n) is 2.45. The topological polar surface area (TPSA) is 63.0 Å². The predicted octanol–water partition coefficient (Wildman–Crippen LogP) is 3.89. The minimum absolute atomic E-state index is 0.265. The highest BCUT2D eigenvalue weighted by Crippen LogP contribution is 2.34. The molecule has 0 bridgehead atoms. The maximum atomic E-state index is 12.7. The Morgan fingerprint density at radius 3 is 2.45 bits per heavy atom. The molecule has 0 fully saturated rings. The number of pyridine rings is 1. The van der Waals surface area contributed by atoms with Crippen LogP contribution in [0.3, 0.4) is 0 Å². The highest BCUT2D eigenvalue weighted by molar-refractivity contribution is 9.10. The van der Waals surface area contributed by atoms with E-state index in [2.05, 4.69) is 31.7 Å². The van der Waals surface area contributed by atoms with Gasteiger partial charge in [-0.15, -0.1) is 0 Å². The molecule has 0 amide bonds. The quantitative estimate of drug-likeness (QED) is 0.582. The van der Waals surface area contributed by atoms with Crippen molar-refractivity contribution in [2.75, 3.05) is 10.7 Å². The smallest absolute Gasteiger partial charge is 0.339 e. The molecule has 1 aromatic heterocycles. The van der Waals surface area contributed by atoms with Crippen LogP contribution in [-0.2, 0) is 6.18 Å². The van der Waals surface area contributed by atoms with Crippen LogP contribution >= 0.6 is 15.9 Å². The number of anilines is 3.